The zero-order valence-electron chi connectivity index (χ0n) is 16.5. The van der Waals surface area contributed by atoms with E-state index in [0.717, 1.165) is 44.0 Å². The summed E-state index contributed by atoms with van der Waals surface area (Å²) < 4.78 is 2.34. The highest BCUT2D eigenvalue weighted by molar-refractivity contribution is 6.09. The fourth-order valence-corrected chi connectivity index (χ4v) is 3.99. The summed E-state index contributed by atoms with van der Waals surface area (Å²) in [5.74, 6) is -0.557. The van der Waals surface area contributed by atoms with Gasteiger partial charge in [-0.3, -0.25) is 24.8 Å². The molecule has 0 spiro atoms. The van der Waals surface area contributed by atoms with E-state index in [2.05, 4.69) is 21.3 Å². The molecule has 2 atom stereocenters. The molecule has 0 radical (unpaired) electrons. The molecule has 0 saturated heterocycles. The molecule has 0 amide bonds. The Labute approximate surface area is 170 Å². The van der Waals surface area contributed by atoms with Gasteiger partial charge in [-0.05, 0) is 30.2 Å². The van der Waals surface area contributed by atoms with Gasteiger partial charge in [-0.2, -0.15) is 0 Å². The lowest BCUT2D eigenvalue weighted by Crippen LogP contribution is -2.53. The number of rotatable bonds is 5. The summed E-state index contributed by atoms with van der Waals surface area (Å²) in [5.41, 5.74) is 2.85. The monoisotopic (exact) mass is 392 g/mol. The Kier molecular flexibility index (Phi) is 5.34. The molecule has 0 fully saturated rings. The first kappa shape index (κ1) is 19.2. The largest absolute Gasteiger partial charge is 0.481 e. The molecule has 2 aliphatic rings. The number of nitrogens with one attached hydrogen (secondary N) is 2. The topological polar surface area (TPSA) is 81.4 Å². The third kappa shape index (κ3) is 4.01. The second-order valence-electron chi connectivity index (χ2n) is 7.74. The lowest BCUT2D eigenvalue weighted by atomic mass is 9.94. The van der Waals surface area contributed by atoms with Gasteiger partial charge in [0.25, 0.3) is 0 Å². The molecule has 0 saturated carbocycles. The van der Waals surface area contributed by atoms with Crippen LogP contribution in [0.4, 0.5) is 0 Å². The summed E-state index contributed by atoms with van der Waals surface area (Å²) in [4.78, 5) is 24.3. The van der Waals surface area contributed by atoms with Gasteiger partial charge in [0, 0.05) is 24.0 Å². The third-order valence-corrected chi connectivity index (χ3v) is 5.78. The van der Waals surface area contributed by atoms with Crippen molar-refractivity contribution in [1.29, 1.82) is 0 Å². The summed E-state index contributed by atoms with van der Waals surface area (Å²) in [7, 11) is 0. The Morgan fingerprint density at radius 3 is 2.66 bits per heavy atom. The summed E-state index contributed by atoms with van der Waals surface area (Å²) >= 11 is 0. The van der Waals surface area contributed by atoms with Crippen molar-refractivity contribution in [2.75, 3.05) is 19.6 Å². The van der Waals surface area contributed by atoms with Crippen molar-refractivity contribution in [1.82, 2.24) is 10.6 Å². The van der Waals surface area contributed by atoms with E-state index in [-0.39, 0.29) is 11.8 Å². The summed E-state index contributed by atoms with van der Waals surface area (Å²) in [6, 6.07) is 14.8. The SMILES string of the molecule is CC(C(=O)O)c1cccc(C(=O)c2cccc(C3CC[N+]4=C(NCCC4)N3)c2)c1. The van der Waals surface area contributed by atoms with E-state index < -0.39 is 11.9 Å². The average Bonchev–Trinajstić information content (AvgIpc) is 2.77. The molecule has 29 heavy (non-hydrogen) atoms. The van der Waals surface area contributed by atoms with Gasteiger partial charge in [-0.25, -0.2) is 0 Å². The number of hydrogen-bond donors (Lipinski definition) is 3. The summed E-state index contributed by atoms with van der Waals surface area (Å²) in [6.07, 6.45) is 2.13. The number of hydrogen-bond acceptors (Lipinski definition) is 4. The van der Waals surface area contributed by atoms with Crippen LogP contribution in [-0.2, 0) is 4.79 Å². The van der Waals surface area contributed by atoms with E-state index in [1.54, 1.807) is 31.2 Å². The van der Waals surface area contributed by atoms with Crippen molar-refractivity contribution in [3.63, 3.8) is 0 Å². The van der Waals surface area contributed by atoms with E-state index >= 15 is 0 Å². The van der Waals surface area contributed by atoms with Gasteiger partial charge in [-0.1, -0.05) is 36.4 Å². The van der Waals surface area contributed by atoms with Crippen molar-refractivity contribution < 1.29 is 19.3 Å². The van der Waals surface area contributed by atoms with E-state index in [1.165, 1.54) is 0 Å². The van der Waals surface area contributed by atoms with Gasteiger partial charge in [0.15, 0.2) is 5.78 Å². The molecule has 2 aromatic carbocycles. The normalized spacial score (nSPS) is 19.6. The average molecular weight is 392 g/mol. The van der Waals surface area contributed by atoms with Crippen molar-refractivity contribution in [2.24, 2.45) is 0 Å². The molecule has 2 heterocycles. The van der Waals surface area contributed by atoms with Crippen LogP contribution >= 0.6 is 0 Å². The third-order valence-electron chi connectivity index (χ3n) is 5.78. The van der Waals surface area contributed by atoms with Crippen LogP contribution in [-0.4, -0.2) is 47.0 Å². The van der Waals surface area contributed by atoms with Crippen LogP contribution in [0.15, 0.2) is 48.5 Å². The molecule has 0 aromatic heterocycles. The molecule has 2 unspecified atom stereocenters. The minimum absolute atomic E-state index is 0.0906. The standard InChI is InChI=1S/C23H25N3O3/c1-15(22(28)29)16-5-2-7-18(13-16)21(27)19-8-3-6-17(14-19)20-9-12-26-11-4-10-24-23(26)25-20/h2-3,5-8,13-15,20H,4,9-12H2,1H3,(H2,24,25,28,29)/p+1. The van der Waals surface area contributed by atoms with Gasteiger partial charge in [-0.15, -0.1) is 0 Å². The second kappa shape index (κ2) is 8.07. The molecule has 0 aliphatic carbocycles. The van der Waals surface area contributed by atoms with Gasteiger partial charge in [0.2, 0.25) is 0 Å². The van der Waals surface area contributed by atoms with Crippen LogP contribution in [0.3, 0.4) is 0 Å². The highest BCUT2D eigenvalue weighted by Crippen LogP contribution is 2.23. The smallest absolute Gasteiger partial charge is 0.346 e. The first-order chi connectivity index (χ1) is 14.0. The van der Waals surface area contributed by atoms with E-state index in [1.807, 2.05) is 18.2 Å². The van der Waals surface area contributed by atoms with Gasteiger partial charge >= 0.3 is 11.9 Å². The zero-order chi connectivity index (χ0) is 20.4. The molecule has 3 N–H and O–H groups in total. The molecule has 4 rings (SSSR count). The molecule has 2 aromatic rings. The van der Waals surface area contributed by atoms with Crippen molar-refractivity contribution in [2.45, 2.75) is 31.7 Å². The first-order valence-electron chi connectivity index (χ1n) is 10.1. The molecule has 150 valence electrons. The van der Waals surface area contributed by atoms with Crippen LogP contribution in [0, 0.1) is 0 Å². The Morgan fingerprint density at radius 1 is 1.10 bits per heavy atom. The highest BCUT2D eigenvalue weighted by atomic mass is 16.4. The number of carbonyl (C=O) groups is 2. The van der Waals surface area contributed by atoms with E-state index in [4.69, 9.17) is 0 Å². The maximum absolute atomic E-state index is 13.1. The quantitative estimate of drug-likeness (QED) is 0.538. The summed E-state index contributed by atoms with van der Waals surface area (Å²) in [5, 5.41) is 16.2. The molecular weight excluding hydrogens is 366 g/mol. The van der Waals surface area contributed by atoms with Crippen LogP contribution in [0.2, 0.25) is 0 Å². The maximum atomic E-state index is 13.1. The number of carboxylic acid groups (broad SMARTS) is 1. The number of ketones is 1. The zero-order valence-corrected chi connectivity index (χ0v) is 16.5. The predicted octanol–water partition coefficient (Wildman–Crippen LogP) is 2.50. The minimum atomic E-state index is -0.900. The van der Waals surface area contributed by atoms with Gasteiger partial charge in [0.05, 0.1) is 25.6 Å². The molecular formula is C23H26N3O3+. The predicted molar refractivity (Wildman–Crippen MR) is 110 cm³/mol. The Morgan fingerprint density at radius 2 is 1.86 bits per heavy atom. The Hall–Kier alpha value is -3.15. The lowest BCUT2D eigenvalue weighted by molar-refractivity contribution is -0.541. The van der Waals surface area contributed by atoms with E-state index in [0.29, 0.717) is 16.7 Å². The second-order valence-corrected chi connectivity index (χ2v) is 7.74. The lowest BCUT2D eigenvalue weighted by Gasteiger charge is -2.28. The van der Waals surface area contributed by atoms with E-state index in [9.17, 15) is 14.7 Å². The molecule has 0 bridgehead atoms. The summed E-state index contributed by atoms with van der Waals surface area (Å²) in [6.45, 7) is 4.68. The Bertz CT molecular complexity index is 983. The first-order valence-corrected chi connectivity index (χ1v) is 10.1. The Balaban J connectivity index is 1.56. The van der Waals surface area contributed by atoms with Crippen LogP contribution < -0.4 is 10.6 Å². The number of guanidine groups is 1. The number of nitrogens with zero attached hydrogens (tertiary/aromatic N) is 1. The van der Waals surface area contributed by atoms with Gasteiger partial charge in [0.1, 0.15) is 6.04 Å². The minimum Gasteiger partial charge on any atom is -0.481 e. The fourth-order valence-electron chi connectivity index (χ4n) is 3.99. The van der Waals surface area contributed by atoms with Crippen molar-refractivity contribution >= 4 is 17.7 Å². The molecule has 2 aliphatic heterocycles. The van der Waals surface area contributed by atoms with Crippen LogP contribution in [0.5, 0.6) is 0 Å². The molecule has 6 nitrogen and oxygen atoms in total. The number of carbonyl (C=O) groups excluding carboxylic acids is 1. The van der Waals surface area contributed by atoms with Crippen LogP contribution in [0.25, 0.3) is 0 Å². The number of aliphatic carboxylic acids is 1. The number of carboxylic acids is 1. The van der Waals surface area contributed by atoms with Crippen molar-refractivity contribution in [3.05, 3.63) is 70.8 Å². The van der Waals surface area contributed by atoms with Crippen molar-refractivity contribution in [3.8, 4) is 0 Å². The molecule has 6 heteroatoms. The highest BCUT2D eigenvalue weighted by Gasteiger charge is 2.29. The number of benzene rings is 2. The van der Waals surface area contributed by atoms with Gasteiger partial charge < -0.3 is 5.11 Å². The fraction of sp³-hybridized carbons (Fsp3) is 0.348. The van der Waals surface area contributed by atoms with Crippen LogP contribution in [0.1, 0.15) is 58.8 Å². The maximum Gasteiger partial charge on any atom is 0.346 e.